The van der Waals surface area contributed by atoms with E-state index in [1.165, 1.54) is 12.8 Å². The molecule has 0 bridgehead atoms. The first-order chi connectivity index (χ1) is 7.20. The summed E-state index contributed by atoms with van der Waals surface area (Å²) in [6.07, 6.45) is 2.34. The molecule has 1 aromatic heterocycles. The van der Waals surface area contributed by atoms with Crippen LogP contribution < -0.4 is 11.1 Å². The zero-order chi connectivity index (χ0) is 10.8. The fraction of sp³-hybridized carbons (Fsp3) is 0.600. The highest BCUT2D eigenvalue weighted by Gasteiger charge is 2.31. The van der Waals surface area contributed by atoms with Crippen molar-refractivity contribution in [3.05, 3.63) is 17.5 Å². The third kappa shape index (κ3) is 2.36. The Morgan fingerprint density at radius 1 is 1.80 bits per heavy atom. The molecule has 1 heterocycles. The van der Waals surface area contributed by atoms with Gasteiger partial charge in [0.15, 0.2) is 0 Å². The van der Waals surface area contributed by atoms with Gasteiger partial charge in [-0.2, -0.15) is 5.10 Å². The molecule has 0 aromatic carbocycles. The Hall–Kier alpha value is -1.36. The van der Waals surface area contributed by atoms with Gasteiger partial charge in [-0.1, -0.05) is 0 Å². The van der Waals surface area contributed by atoms with Crippen LogP contribution in [0.3, 0.4) is 0 Å². The van der Waals surface area contributed by atoms with Crippen LogP contribution in [0.1, 0.15) is 29.0 Å². The molecule has 5 nitrogen and oxygen atoms in total. The number of amides is 1. The first kappa shape index (κ1) is 10.2. The van der Waals surface area contributed by atoms with Crippen molar-refractivity contribution in [2.45, 2.75) is 25.8 Å². The first-order valence-corrected chi connectivity index (χ1v) is 5.23. The molecular weight excluding hydrogens is 192 g/mol. The number of hydrogen-bond donors (Lipinski definition) is 3. The Labute approximate surface area is 88.4 Å². The summed E-state index contributed by atoms with van der Waals surface area (Å²) in [4.78, 5) is 11.7. The summed E-state index contributed by atoms with van der Waals surface area (Å²) in [5, 5.41) is 9.56. The summed E-state index contributed by atoms with van der Waals surface area (Å²) in [5.74, 6) is 0.431. The summed E-state index contributed by atoms with van der Waals surface area (Å²) in [6.45, 7) is 2.37. The van der Waals surface area contributed by atoms with E-state index in [4.69, 9.17) is 5.73 Å². The van der Waals surface area contributed by atoms with E-state index in [-0.39, 0.29) is 11.9 Å². The van der Waals surface area contributed by atoms with Gasteiger partial charge in [-0.15, -0.1) is 0 Å². The molecule has 4 N–H and O–H groups in total. The molecular formula is C10H16N4O. The number of aryl methyl sites for hydroxylation is 1. The van der Waals surface area contributed by atoms with Crippen molar-refractivity contribution in [3.8, 4) is 0 Å². The number of nitrogens with zero attached hydrogens (tertiary/aromatic N) is 1. The molecule has 2 rings (SSSR count). The van der Waals surface area contributed by atoms with Gasteiger partial charge in [0.05, 0.1) is 0 Å². The van der Waals surface area contributed by atoms with Gasteiger partial charge in [0.1, 0.15) is 5.69 Å². The van der Waals surface area contributed by atoms with Crippen molar-refractivity contribution in [3.63, 3.8) is 0 Å². The number of rotatable bonds is 4. The molecule has 5 heteroatoms. The average molecular weight is 208 g/mol. The number of aromatic amines is 1. The topological polar surface area (TPSA) is 83.8 Å². The number of hydrogen-bond acceptors (Lipinski definition) is 3. The molecule has 15 heavy (non-hydrogen) atoms. The maximum atomic E-state index is 11.7. The van der Waals surface area contributed by atoms with E-state index in [1.54, 1.807) is 6.07 Å². The Morgan fingerprint density at radius 2 is 2.53 bits per heavy atom. The van der Waals surface area contributed by atoms with Crippen LogP contribution in [0.2, 0.25) is 0 Å². The van der Waals surface area contributed by atoms with Gasteiger partial charge in [-0.3, -0.25) is 9.89 Å². The van der Waals surface area contributed by atoms with Crippen molar-refractivity contribution >= 4 is 5.91 Å². The lowest BCUT2D eigenvalue weighted by Crippen LogP contribution is -2.41. The fourth-order valence-electron chi connectivity index (χ4n) is 1.64. The number of carbonyl (C=O) groups excluding carboxylic acids is 1. The minimum absolute atomic E-state index is 0.106. The Morgan fingerprint density at radius 3 is 3.00 bits per heavy atom. The van der Waals surface area contributed by atoms with E-state index in [2.05, 4.69) is 15.5 Å². The molecule has 1 aromatic rings. The highest BCUT2D eigenvalue weighted by atomic mass is 16.2. The molecule has 1 atom stereocenters. The fourth-order valence-corrected chi connectivity index (χ4v) is 1.64. The second-order valence-corrected chi connectivity index (χ2v) is 4.09. The highest BCUT2D eigenvalue weighted by Crippen LogP contribution is 2.32. The van der Waals surface area contributed by atoms with Crippen LogP contribution in [-0.4, -0.2) is 28.7 Å². The first-order valence-electron chi connectivity index (χ1n) is 5.23. The molecule has 0 spiro atoms. The Bertz CT molecular complexity index is 356. The highest BCUT2D eigenvalue weighted by molar-refractivity contribution is 5.92. The lowest BCUT2D eigenvalue weighted by atomic mass is 10.2. The van der Waals surface area contributed by atoms with E-state index in [1.807, 2.05) is 6.92 Å². The van der Waals surface area contributed by atoms with Crippen LogP contribution in [0.5, 0.6) is 0 Å². The van der Waals surface area contributed by atoms with Crippen LogP contribution >= 0.6 is 0 Å². The third-order valence-electron chi connectivity index (χ3n) is 2.70. The van der Waals surface area contributed by atoms with Gasteiger partial charge >= 0.3 is 0 Å². The van der Waals surface area contributed by atoms with Gasteiger partial charge in [-0.05, 0) is 31.7 Å². The molecule has 1 fully saturated rings. The summed E-state index contributed by atoms with van der Waals surface area (Å²) >= 11 is 0. The van der Waals surface area contributed by atoms with Gasteiger partial charge < -0.3 is 11.1 Å². The Balaban J connectivity index is 1.96. The summed E-state index contributed by atoms with van der Waals surface area (Å²) in [5.41, 5.74) is 6.92. The number of nitrogens with one attached hydrogen (secondary N) is 2. The van der Waals surface area contributed by atoms with E-state index in [0.29, 0.717) is 18.2 Å². The van der Waals surface area contributed by atoms with Gasteiger partial charge in [0.2, 0.25) is 0 Å². The zero-order valence-corrected chi connectivity index (χ0v) is 8.79. The Kier molecular flexibility index (Phi) is 2.73. The van der Waals surface area contributed by atoms with Gasteiger partial charge in [0, 0.05) is 18.3 Å². The minimum atomic E-state index is -0.137. The molecule has 1 saturated carbocycles. The van der Waals surface area contributed by atoms with Crippen molar-refractivity contribution in [1.29, 1.82) is 0 Å². The predicted molar refractivity (Wildman–Crippen MR) is 56.4 cm³/mol. The van der Waals surface area contributed by atoms with E-state index < -0.39 is 0 Å². The normalized spacial score (nSPS) is 17.5. The number of carbonyl (C=O) groups is 1. The SMILES string of the molecule is Cc1cc(C(=O)NC(CN)C2CC2)n[nH]1. The maximum absolute atomic E-state index is 11.7. The standard InChI is InChI=1S/C10H16N4O/c1-6-4-8(14-13-6)10(15)12-9(5-11)7-2-3-7/h4,7,9H,2-3,5,11H2,1H3,(H,12,15)(H,13,14). The second kappa shape index (κ2) is 4.02. The van der Waals surface area contributed by atoms with Crippen molar-refractivity contribution in [2.75, 3.05) is 6.54 Å². The zero-order valence-electron chi connectivity index (χ0n) is 8.79. The molecule has 1 aliphatic rings. The van der Waals surface area contributed by atoms with E-state index in [9.17, 15) is 4.79 Å². The van der Waals surface area contributed by atoms with Crippen LogP contribution in [-0.2, 0) is 0 Å². The van der Waals surface area contributed by atoms with Crippen LogP contribution in [0.25, 0.3) is 0 Å². The predicted octanol–water partition coefficient (Wildman–Crippen LogP) is 0.185. The molecule has 1 aliphatic carbocycles. The number of H-pyrrole nitrogens is 1. The molecule has 0 radical (unpaired) electrons. The average Bonchev–Trinajstić information content (AvgIpc) is 2.97. The maximum Gasteiger partial charge on any atom is 0.272 e. The van der Waals surface area contributed by atoms with Crippen LogP contribution in [0, 0.1) is 12.8 Å². The van der Waals surface area contributed by atoms with Gasteiger partial charge in [0.25, 0.3) is 5.91 Å². The lowest BCUT2D eigenvalue weighted by molar-refractivity contribution is 0.0928. The van der Waals surface area contributed by atoms with E-state index in [0.717, 1.165) is 5.69 Å². The largest absolute Gasteiger partial charge is 0.346 e. The van der Waals surface area contributed by atoms with E-state index >= 15 is 0 Å². The number of aromatic nitrogens is 2. The molecule has 82 valence electrons. The third-order valence-corrected chi connectivity index (χ3v) is 2.70. The van der Waals surface area contributed by atoms with Crippen molar-refractivity contribution < 1.29 is 4.79 Å². The molecule has 1 unspecified atom stereocenters. The summed E-state index contributed by atoms with van der Waals surface area (Å²) in [6, 6.07) is 1.84. The molecule has 0 saturated heterocycles. The van der Waals surface area contributed by atoms with Crippen molar-refractivity contribution in [1.82, 2.24) is 15.5 Å². The van der Waals surface area contributed by atoms with Crippen LogP contribution in [0.4, 0.5) is 0 Å². The molecule has 1 amide bonds. The lowest BCUT2D eigenvalue weighted by Gasteiger charge is -2.14. The quantitative estimate of drug-likeness (QED) is 0.660. The summed E-state index contributed by atoms with van der Waals surface area (Å²) < 4.78 is 0. The smallest absolute Gasteiger partial charge is 0.272 e. The van der Waals surface area contributed by atoms with Crippen LogP contribution in [0.15, 0.2) is 6.07 Å². The second-order valence-electron chi connectivity index (χ2n) is 4.09. The monoisotopic (exact) mass is 208 g/mol. The van der Waals surface area contributed by atoms with Crippen molar-refractivity contribution in [2.24, 2.45) is 11.7 Å². The summed E-state index contributed by atoms with van der Waals surface area (Å²) in [7, 11) is 0. The number of nitrogens with two attached hydrogens (primary N) is 1. The molecule has 0 aliphatic heterocycles. The minimum Gasteiger partial charge on any atom is -0.346 e. The van der Waals surface area contributed by atoms with Gasteiger partial charge in [-0.25, -0.2) is 0 Å².